The van der Waals surface area contributed by atoms with Crippen LogP contribution in [0.4, 0.5) is 22.0 Å². The summed E-state index contributed by atoms with van der Waals surface area (Å²) in [6.07, 6.45) is -2.82. The number of halogens is 5. The van der Waals surface area contributed by atoms with E-state index in [9.17, 15) is 22.0 Å². The largest absolute Gasteiger partial charge is 0.417 e. The topological polar surface area (TPSA) is 37.8 Å². The molecule has 0 aliphatic carbocycles. The third-order valence-electron chi connectivity index (χ3n) is 2.63. The summed E-state index contributed by atoms with van der Waals surface area (Å²) in [5.74, 6) is -1.57. The van der Waals surface area contributed by atoms with Gasteiger partial charge in [0.25, 0.3) is 0 Å². The van der Waals surface area contributed by atoms with Gasteiger partial charge in [-0.1, -0.05) is 0 Å². The number of hydrogen-bond acceptors (Lipinski definition) is 3. The molecule has 8 heteroatoms. The third kappa shape index (κ3) is 4.19. The third-order valence-corrected chi connectivity index (χ3v) is 2.63. The first-order valence-electron chi connectivity index (χ1n) is 5.89. The molecule has 2 rings (SSSR count). The fourth-order valence-electron chi connectivity index (χ4n) is 1.58. The molecule has 0 spiro atoms. The van der Waals surface area contributed by atoms with Crippen molar-refractivity contribution in [3.8, 4) is 0 Å². The molecule has 0 aliphatic rings. The molecule has 2 aromatic heterocycles. The monoisotopic (exact) mass is 303 g/mol. The van der Waals surface area contributed by atoms with Gasteiger partial charge in [-0.15, -0.1) is 0 Å². The molecule has 0 aliphatic heterocycles. The Morgan fingerprint density at radius 2 is 1.76 bits per heavy atom. The van der Waals surface area contributed by atoms with Crippen molar-refractivity contribution in [3.05, 3.63) is 59.2 Å². The van der Waals surface area contributed by atoms with Gasteiger partial charge in [-0.3, -0.25) is 9.97 Å². The average molecular weight is 303 g/mol. The van der Waals surface area contributed by atoms with E-state index < -0.39 is 23.4 Å². The average Bonchev–Trinajstić information content (AvgIpc) is 2.41. The van der Waals surface area contributed by atoms with Crippen molar-refractivity contribution in [2.24, 2.45) is 0 Å². The van der Waals surface area contributed by atoms with Gasteiger partial charge in [0.05, 0.1) is 23.1 Å². The van der Waals surface area contributed by atoms with Crippen LogP contribution in [0.25, 0.3) is 0 Å². The molecule has 0 atom stereocenters. The fourth-order valence-corrected chi connectivity index (χ4v) is 1.58. The molecule has 0 bridgehead atoms. The van der Waals surface area contributed by atoms with Gasteiger partial charge in [0.1, 0.15) is 11.6 Å². The highest BCUT2D eigenvalue weighted by molar-refractivity contribution is 5.17. The van der Waals surface area contributed by atoms with Crippen LogP contribution < -0.4 is 5.32 Å². The van der Waals surface area contributed by atoms with E-state index in [2.05, 4.69) is 15.3 Å². The molecule has 3 nitrogen and oxygen atoms in total. The van der Waals surface area contributed by atoms with Gasteiger partial charge in [-0.05, 0) is 12.1 Å². The predicted octanol–water partition coefficient (Wildman–Crippen LogP) is 3.06. The Kier molecular flexibility index (Phi) is 4.46. The molecule has 1 N–H and O–H groups in total. The summed E-state index contributed by atoms with van der Waals surface area (Å²) in [6, 6.07) is 2.85. The zero-order valence-electron chi connectivity index (χ0n) is 10.6. The van der Waals surface area contributed by atoms with E-state index in [4.69, 9.17) is 0 Å². The quantitative estimate of drug-likeness (QED) is 0.882. The second-order valence-electron chi connectivity index (χ2n) is 4.22. The second kappa shape index (κ2) is 6.13. The number of nitrogens with one attached hydrogen (secondary N) is 1. The summed E-state index contributed by atoms with van der Waals surface area (Å²) in [6.45, 7) is 0.144. The number of aromatic nitrogens is 2. The zero-order chi connectivity index (χ0) is 15.5. The van der Waals surface area contributed by atoms with Gasteiger partial charge in [0, 0.05) is 25.4 Å². The Bertz CT molecular complexity index is 610. The standard InChI is InChI=1S/C13H10F5N3/c14-9-3-11(15)12(21-5-9)7-19-6-10-2-1-8(4-20-10)13(16,17)18/h1-5,19H,6-7H2. The molecular weight excluding hydrogens is 293 g/mol. The maximum atomic E-state index is 13.3. The zero-order valence-corrected chi connectivity index (χ0v) is 10.6. The van der Waals surface area contributed by atoms with Gasteiger partial charge < -0.3 is 5.32 Å². The lowest BCUT2D eigenvalue weighted by Crippen LogP contribution is -2.16. The Morgan fingerprint density at radius 3 is 2.33 bits per heavy atom. The number of pyridine rings is 2. The predicted molar refractivity (Wildman–Crippen MR) is 63.9 cm³/mol. The Morgan fingerprint density at radius 1 is 1.00 bits per heavy atom. The molecular formula is C13H10F5N3. The van der Waals surface area contributed by atoms with Crippen molar-refractivity contribution in [1.82, 2.24) is 15.3 Å². The molecule has 0 radical (unpaired) electrons. The lowest BCUT2D eigenvalue weighted by atomic mass is 10.2. The molecule has 2 aromatic rings. The fraction of sp³-hybridized carbons (Fsp3) is 0.231. The molecule has 112 valence electrons. The number of nitrogens with zero attached hydrogens (tertiary/aromatic N) is 2. The van der Waals surface area contributed by atoms with Gasteiger partial charge in [-0.2, -0.15) is 13.2 Å². The summed E-state index contributed by atoms with van der Waals surface area (Å²) in [4.78, 5) is 7.23. The van der Waals surface area contributed by atoms with Crippen LogP contribution in [0.2, 0.25) is 0 Å². The van der Waals surface area contributed by atoms with E-state index in [1.165, 1.54) is 6.07 Å². The van der Waals surface area contributed by atoms with E-state index in [1.54, 1.807) is 0 Å². The summed E-state index contributed by atoms with van der Waals surface area (Å²) < 4.78 is 62.9. The van der Waals surface area contributed by atoms with Crippen LogP contribution in [0.1, 0.15) is 17.0 Å². The maximum absolute atomic E-state index is 13.3. The van der Waals surface area contributed by atoms with E-state index in [0.29, 0.717) is 11.8 Å². The van der Waals surface area contributed by atoms with Crippen LogP contribution >= 0.6 is 0 Å². The molecule has 21 heavy (non-hydrogen) atoms. The van der Waals surface area contributed by atoms with Gasteiger partial charge >= 0.3 is 6.18 Å². The van der Waals surface area contributed by atoms with Crippen molar-refractivity contribution in [1.29, 1.82) is 0 Å². The van der Waals surface area contributed by atoms with E-state index >= 15 is 0 Å². The highest BCUT2D eigenvalue weighted by atomic mass is 19.4. The van der Waals surface area contributed by atoms with Gasteiger partial charge in [0.2, 0.25) is 0 Å². The molecule has 0 amide bonds. The SMILES string of the molecule is Fc1cnc(CNCc2ccc(C(F)(F)F)cn2)c(F)c1. The minimum Gasteiger partial charge on any atom is -0.305 e. The second-order valence-corrected chi connectivity index (χ2v) is 4.22. The summed E-state index contributed by atoms with van der Waals surface area (Å²) in [5.41, 5.74) is -0.452. The van der Waals surface area contributed by atoms with Crippen molar-refractivity contribution < 1.29 is 22.0 Å². The normalized spacial score (nSPS) is 11.7. The van der Waals surface area contributed by atoms with Gasteiger partial charge in [-0.25, -0.2) is 8.78 Å². The van der Waals surface area contributed by atoms with Crippen LogP contribution in [-0.2, 0) is 19.3 Å². The molecule has 0 unspecified atom stereocenters. The van der Waals surface area contributed by atoms with Crippen LogP contribution in [0, 0.1) is 11.6 Å². The minimum atomic E-state index is -4.43. The number of rotatable bonds is 4. The summed E-state index contributed by atoms with van der Waals surface area (Å²) in [7, 11) is 0. The lowest BCUT2D eigenvalue weighted by Gasteiger charge is -2.08. The molecule has 0 saturated heterocycles. The first-order valence-corrected chi connectivity index (χ1v) is 5.89. The van der Waals surface area contributed by atoms with Crippen molar-refractivity contribution in [2.75, 3.05) is 0 Å². The Hall–Kier alpha value is -2.09. The van der Waals surface area contributed by atoms with Crippen LogP contribution in [0.3, 0.4) is 0 Å². The molecule has 0 aromatic carbocycles. The summed E-state index contributed by atoms with van der Waals surface area (Å²) >= 11 is 0. The van der Waals surface area contributed by atoms with E-state index in [-0.39, 0.29) is 18.8 Å². The Labute approximate surface area is 116 Å². The van der Waals surface area contributed by atoms with Crippen LogP contribution in [0.15, 0.2) is 30.6 Å². The van der Waals surface area contributed by atoms with Crippen molar-refractivity contribution in [2.45, 2.75) is 19.3 Å². The van der Waals surface area contributed by atoms with Gasteiger partial charge in [0.15, 0.2) is 0 Å². The molecule has 0 saturated carbocycles. The first kappa shape index (κ1) is 15.3. The number of alkyl halides is 3. The van der Waals surface area contributed by atoms with E-state index in [0.717, 1.165) is 18.5 Å². The lowest BCUT2D eigenvalue weighted by molar-refractivity contribution is -0.137. The minimum absolute atomic E-state index is 0.00875. The first-order chi connectivity index (χ1) is 9.86. The highest BCUT2D eigenvalue weighted by Crippen LogP contribution is 2.28. The Balaban J connectivity index is 1.91. The smallest absolute Gasteiger partial charge is 0.305 e. The molecule has 0 fully saturated rings. The number of hydrogen-bond donors (Lipinski definition) is 1. The summed E-state index contributed by atoms with van der Waals surface area (Å²) in [5, 5.41) is 2.77. The van der Waals surface area contributed by atoms with Crippen LogP contribution in [0.5, 0.6) is 0 Å². The molecule has 2 heterocycles. The highest BCUT2D eigenvalue weighted by Gasteiger charge is 2.30. The van der Waals surface area contributed by atoms with E-state index in [1.807, 2.05) is 0 Å². The van der Waals surface area contributed by atoms with Crippen molar-refractivity contribution in [3.63, 3.8) is 0 Å². The van der Waals surface area contributed by atoms with Crippen LogP contribution in [-0.4, -0.2) is 9.97 Å². The maximum Gasteiger partial charge on any atom is 0.417 e. The van der Waals surface area contributed by atoms with Crippen molar-refractivity contribution >= 4 is 0 Å².